The number of likely N-dealkylation sites (tertiary alicyclic amines) is 1. The molecule has 2 saturated heterocycles. The lowest BCUT2D eigenvalue weighted by atomic mass is 9.83. The van der Waals surface area contributed by atoms with Gasteiger partial charge in [0.05, 0.1) is 18.1 Å². The van der Waals surface area contributed by atoms with Crippen molar-refractivity contribution in [1.29, 1.82) is 0 Å². The first-order valence-electron chi connectivity index (χ1n) is 8.66. The van der Waals surface area contributed by atoms with Crippen LogP contribution in [0.1, 0.15) is 33.6 Å². The Kier molecular flexibility index (Phi) is 4.95. The number of carbonyl (C=O) groups is 2. The lowest BCUT2D eigenvalue weighted by Crippen LogP contribution is -2.61. The van der Waals surface area contributed by atoms with Crippen LogP contribution in [-0.2, 0) is 9.59 Å². The Morgan fingerprint density at radius 3 is 2.67 bits per heavy atom. The van der Waals surface area contributed by atoms with Crippen molar-refractivity contribution in [3.63, 3.8) is 0 Å². The van der Waals surface area contributed by atoms with Crippen molar-refractivity contribution in [3.05, 3.63) is 10.6 Å². The minimum absolute atomic E-state index is 0.147. The molecule has 3 heterocycles. The van der Waals surface area contributed by atoms with Gasteiger partial charge in [-0.2, -0.15) is 0 Å². The number of amides is 1. The van der Waals surface area contributed by atoms with Crippen molar-refractivity contribution in [3.8, 4) is 0 Å². The van der Waals surface area contributed by atoms with E-state index in [0.29, 0.717) is 17.6 Å². The van der Waals surface area contributed by atoms with Gasteiger partial charge in [-0.05, 0) is 25.8 Å². The molecule has 4 atom stereocenters. The average molecular weight is 354 g/mol. The maximum atomic E-state index is 12.2. The molecule has 2 N–H and O–H groups in total. The molecule has 3 aliphatic rings. The minimum atomic E-state index is -1.03. The molecule has 0 bridgehead atoms. The monoisotopic (exact) mass is 354 g/mol. The number of nitrogens with zero attached hydrogens (tertiary/aromatic N) is 2. The standard InChI is InChI=1S/C17H26N2O4S/c1-9(2)7-18-5-4-11(8-18)24-13-6-12-14(10(3)20)16(21)19(12)15(13)17(22)23/h9-12,14,20H,4-8H2,1-3H3,(H,22,23)/t10?,11?,12-,14?/m1/s1. The Bertz CT molecular complexity index is 575. The summed E-state index contributed by atoms with van der Waals surface area (Å²) in [5.74, 6) is -1.12. The molecule has 2 fully saturated rings. The van der Waals surface area contributed by atoms with E-state index in [1.54, 1.807) is 18.7 Å². The van der Waals surface area contributed by atoms with Gasteiger partial charge in [0.2, 0.25) is 5.91 Å². The fourth-order valence-electron chi connectivity index (χ4n) is 4.11. The predicted octanol–water partition coefficient (Wildman–Crippen LogP) is 1.36. The molecule has 24 heavy (non-hydrogen) atoms. The van der Waals surface area contributed by atoms with Crippen LogP contribution in [0.3, 0.4) is 0 Å². The van der Waals surface area contributed by atoms with Crippen molar-refractivity contribution in [2.45, 2.75) is 51.0 Å². The van der Waals surface area contributed by atoms with Gasteiger partial charge in [-0.15, -0.1) is 11.8 Å². The van der Waals surface area contributed by atoms with Gasteiger partial charge in [0.25, 0.3) is 0 Å². The van der Waals surface area contributed by atoms with Gasteiger partial charge in [-0.1, -0.05) is 13.8 Å². The van der Waals surface area contributed by atoms with Gasteiger partial charge in [0.15, 0.2) is 0 Å². The second kappa shape index (κ2) is 6.69. The molecule has 0 saturated carbocycles. The summed E-state index contributed by atoms with van der Waals surface area (Å²) in [5.41, 5.74) is 0.147. The molecule has 3 rings (SSSR count). The van der Waals surface area contributed by atoms with Crippen LogP contribution in [0, 0.1) is 11.8 Å². The van der Waals surface area contributed by atoms with Crippen LogP contribution in [0.4, 0.5) is 0 Å². The third-order valence-electron chi connectivity index (χ3n) is 5.05. The van der Waals surface area contributed by atoms with Crippen molar-refractivity contribution in [1.82, 2.24) is 9.80 Å². The first-order chi connectivity index (χ1) is 11.3. The van der Waals surface area contributed by atoms with Crippen molar-refractivity contribution < 1.29 is 19.8 Å². The summed E-state index contributed by atoms with van der Waals surface area (Å²) in [7, 11) is 0. The Morgan fingerprint density at radius 2 is 2.08 bits per heavy atom. The first-order valence-corrected chi connectivity index (χ1v) is 9.54. The van der Waals surface area contributed by atoms with Crippen LogP contribution in [-0.4, -0.2) is 68.9 Å². The highest BCUT2D eigenvalue weighted by Gasteiger charge is 2.57. The lowest BCUT2D eigenvalue weighted by molar-refractivity contribution is -0.161. The molecule has 134 valence electrons. The van der Waals surface area contributed by atoms with Gasteiger partial charge in [-0.3, -0.25) is 4.79 Å². The number of hydrogen-bond acceptors (Lipinski definition) is 5. The smallest absolute Gasteiger partial charge is 0.353 e. The summed E-state index contributed by atoms with van der Waals surface area (Å²) >= 11 is 1.63. The molecule has 0 aromatic rings. The highest BCUT2D eigenvalue weighted by Crippen LogP contribution is 2.48. The predicted molar refractivity (Wildman–Crippen MR) is 92.4 cm³/mol. The summed E-state index contributed by atoms with van der Waals surface area (Å²) in [6.45, 7) is 9.10. The number of hydrogen-bond donors (Lipinski definition) is 2. The minimum Gasteiger partial charge on any atom is -0.477 e. The SMILES string of the molecule is CC(C)CN1CCC(SC2=C(C(=O)O)N3C(=O)C(C(C)O)[C@H]3C2)C1. The third-order valence-corrected chi connectivity index (χ3v) is 6.41. The van der Waals surface area contributed by atoms with Crippen molar-refractivity contribution in [2.24, 2.45) is 11.8 Å². The zero-order chi connectivity index (χ0) is 17.6. The molecule has 0 radical (unpaired) electrons. The number of β-lactam (4-membered cyclic amide) rings is 1. The second-order valence-electron chi connectivity index (χ2n) is 7.50. The third kappa shape index (κ3) is 3.09. The van der Waals surface area contributed by atoms with Crippen LogP contribution in [0.15, 0.2) is 10.6 Å². The van der Waals surface area contributed by atoms with E-state index in [2.05, 4.69) is 18.7 Å². The number of carboxylic acids is 1. The quantitative estimate of drug-likeness (QED) is 0.701. The molecular formula is C17H26N2O4S. The number of thioether (sulfide) groups is 1. The molecule has 0 aromatic carbocycles. The number of aliphatic carboxylic acids is 1. The van der Waals surface area contributed by atoms with Gasteiger partial charge in [0.1, 0.15) is 5.70 Å². The Labute approximate surface area is 146 Å². The maximum absolute atomic E-state index is 12.2. The summed E-state index contributed by atoms with van der Waals surface area (Å²) < 4.78 is 0. The number of carboxylic acid groups (broad SMARTS) is 1. The van der Waals surface area contributed by atoms with E-state index in [1.807, 2.05) is 0 Å². The molecule has 1 amide bonds. The molecule has 0 aliphatic carbocycles. The number of carbonyl (C=O) groups excluding carboxylic acids is 1. The lowest BCUT2D eigenvalue weighted by Gasteiger charge is -2.44. The number of aliphatic hydroxyl groups excluding tert-OH is 1. The number of rotatable bonds is 6. The molecule has 3 aliphatic heterocycles. The topological polar surface area (TPSA) is 81.1 Å². The van der Waals surface area contributed by atoms with Crippen LogP contribution in [0.2, 0.25) is 0 Å². The Balaban J connectivity index is 1.69. The average Bonchev–Trinajstić information content (AvgIpc) is 3.01. The summed E-state index contributed by atoms with van der Waals surface area (Å²) in [4.78, 5) is 28.5. The van der Waals surface area contributed by atoms with Crippen LogP contribution in [0.5, 0.6) is 0 Å². The van der Waals surface area contributed by atoms with E-state index in [9.17, 15) is 19.8 Å². The van der Waals surface area contributed by atoms with Gasteiger partial charge in [-0.25, -0.2) is 4.79 Å². The Hall–Kier alpha value is -1.05. The van der Waals surface area contributed by atoms with Gasteiger partial charge >= 0.3 is 5.97 Å². The number of aliphatic hydroxyl groups is 1. The van der Waals surface area contributed by atoms with E-state index in [1.165, 1.54) is 4.90 Å². The molecular weight excluding hydrogens is 328 g/mol. The fraction of sp³-hybridized carbons (Fsp3) is 0.765. The Morgan fingerprint density at radius 1 is 1.38 bits per heavy atom. The largest absolute Gasteiger partial charge is 0.477 e. The second-order valence-corrected chi connectivity index (χ2v) is 8.90. The van der Waals surface area contributed by atoms with Crippen molar-refractivity contribution >= 4 is 23.6 Å². The van der Waals surface area contributed by atoms with Crippen LogP contribution >= 0.6 is 11.8 Å². The molecule has 3 unspecified atom stereocenters. The van der Waals surface area contributed by atoms with E-state index >= 15 is 0 Å². The van der Waals surface area contributed by atoms with E-state index in [-0.39, 0.29) is 17.6 Å². The van der Waals surface area contributed by atoms with E-state index in [4.69, 9.17) is 0 Å². The van der Waals surface area contributed by atoms with E-state index in [0.717, 1.165) is 31.0 Å². The van der Waals surface area contributed by atoms with E-state index < -0.39 is 18.0 Å². The summed E-state index contributed by atoms with van der Waals surface area (Å²) in [6, 6.07) is -0.181. The molecule has 6 nitrogen and oxygen atoms in total. The number of fused-ring (bicyclic) bond motifs is 1. The first kappa shape index (κ1) is 17.8. The highest BCUT2D eigenvalue weighted by atomic mass is 32.2. The normalized spacial score (nSPS) is 31.6. The molecule has 7 heteroatoms. The molecule has 0 aromatic heterocycles. The van der Waals surface area contributed by atoms with Crippen molar-refractivity contribution in [2.75, 3.05) is 19.6 Å². The van der Waals surface area contributed by atoms with Gasteiger partial charge in [0, 0.05) is 29.7 Å². The van der Waals surface area contributed by atoms with Gasteiger partial charge < -0.3 is 20.0 Å². The van der Waals surface area contributed by atoms with Crippen LogP contribution in [0.25, 0.3) is 0 Å². The zero-order valence-corrected chi connectivity index (χ0v) is 15.3. The maximum Gasteiger partial charge on any atom is 0.353 e. The summed E-state index contributed by atoms with van der Waals surface area (Å²) in [5, 5.41) is 19.7. The highest BCUT2D eigenvalue weighted by molar-refractivity contribution is 8.03. The van der Waals surface area contributed by atoms with Crippen LogP contribution < -0.4 is 0 Å². The summed E-state index contributed by atoms with van der Waals surface area (Å²) in [6.07, 6.45) is 0.881. The zero-order valence-electron chi connectivity index (χ0n) is 14.4. The molecule has 0 spiro atoms. The fourth-order valence-corrected chi connectivity index (χ4v) is 5.59.